The Balaban J connectivity index is -0.000000361. The molecule has 1 rings (SSSR count). The Hall–Kier alpha value is -0.534. The van der Waals surface area contributed by atoms with Crippen LogP contribution in [0.5, 0.6) is 0 Å². The first-order valence-electron chi connectivity index (χ1n) is 5.50. The molecule has 122 valence electrons. The van der Waals surface area contributed by atoms with Crippen molar-refractivity contribution >= 4 is 11.4 Å². The van der Waals surface area contributed by atoms with Gasteiger partial charge in [-0.2, -0.15) is 10.2 Å². The van der Waals surface area contributed by atoms with E-state index in [4.69, 9.17) is 0 Å². The Labute approximate surface area is 155 Å². The number of aryl methyl sites for hydroxylation is 1. The third-order valence-corrected chi connectivity index (χ3v) is 2.27. The molecule has 0 aliphatic heterocycles. The topological polar surface area (TPSA) is 61.7 Å². The molecule has 1 heterocycles. The number of pyridine rings is 1. The fourth-order valence-electron chi connectivity index (χ4n) is 1.49. The molecule has 9 heteroatoms. The van der Waals surface area contributed by atoms with Crippen molar-refractivity contribution in [3.8, 4) is 0 Å². The molecule has 0 aromatic carbocycles. The first-order chi connectivity index (χ1) is 8.08. The van der Waals surface area contributed by atoms with Crippen LogP contribution in [-0.4, -0.2) is 30.5 Å². The summed E-state index contributed by atoms with van der Waals surface area (Å²) < 4.78 is 0. The van der Waals surface area contributed by atoms with E-state index < -0.39 is 0 Å². The molecule has 21 heavy (non-hydrogen) atoms. The van der Waals surface area contributed by atoms with Gasteiger partial charge in [0.1, 0.15) is 0 Å². The number of nitrogens with one attached hydrogen (secondary N) is 2. The average Bonchev–Trinajstić information content (AvgIpc) is 2.29. The zero-order chi connectivity index (χ0) is 12.8. The number of halogens is 3. The summed E-state index contributed by atoms with van der Waals surface area (Å²) in [6.07, 6.45) is 0. The van der Waals surface area contributed by atoms with E-state index in [-0.39, 0.29) is 54.0 Å². The van der Waals surface area contributed by atoms with E-state index in [9.17, 15) is 0 Å². The van der Waals surface area contributed by atoms with E-state index in [0.29, 0.717) is 0 Å². The molecule has 1 aromatic rings. The first-order valence-corrected chi connectivity index (χ1v) is 5.50. The number of hydrogen-bond acceptors (Lipinski definition) is 5. The average molecular weight is 399 g/mol. The van der Waals surface area contributed by atoms with Gasteiger partial charge in [0.15, 0.2) is 0 Å². The Kier molecular flexibility index (Phi) is 19.6. The molecule has 0 spiro atoms. The summed E-state index contributed by atoms with van der Waals surface area (Å²) >= 11 is 0. The maximum absolute atomic E-state index is 4.53. The molecule has 0 fully saturated rings. The minimum Gasteiger partial charge on any atom is -1.00 e. The molecule has 0 bridgehead atoms. The second kappa shape index (κ2) is 14.4. The van der Waals surface area contributed by atoms with Crippen LogP contribution in [-0.2, 0) is 16.8 Å². The molecule has 0 amide bonds. The molecule has 0 aliphatic carbocycles. The van der Waals surface area contributed by atoms with Crippen molar-refractivity contribution in [2.24, 2.45) is 10.2 Å². The number of hydrazone groups is 2. The van der Waals surface area contributed by atoms with E-state index >= 15 is 0 Å². The third kappa shape index (κ3) is 9.16. The molecule has 0 radical (unpaired) electrons. The second-order valence-corrected chi connectivity index (χ2v) is 3.76. The SMILES string of the molecule is CNN=C(C)c1cc(C)cc(C(C)=NNC)n1.[Cl-].[Cl-].[Cl-].[Co+3]. The van der Waals surface area contributed by atoms with E-state index in [2.05, 4.69) is 26.0 Å². The maximum Gasteiger partial charge on any atom is 3.00 e. The molecule has 1 aromatic heterocycles. The number of aromatic nitrogens is 1. The Morgan fingerprint density at radius 2 is 1.24 bits per heavy atom. The van der Waals surface area contributed by atoms with Crippen LogP contribution in [0.25, 0.3) is 0 Å². The van der Waals surface area contributed by atoms with Gasteiger partial charge in [-0.05, 0) is 38.5 Å². The van der Waals surface area contributed by atoms with E-state index in [1.165, 1.54) is 0 Å². The fourth-order valence-corrected chi connectivity index (χ4v) is 1.49. The smallest absolute Gasteiger partial charge is 1.00 e. The van der Waals surface area contributed by atoms with E-state index in [1.807, 2.05) is 32.9 Å². The molecular weight excluding hydrogens is 379 g/mol. The zero-order valence-corrected chi connectivity index (χ0v) is 15.8. The number of rotatable bonds is 4. The van der Waals surface area contributed by atoms with Gasteiger partial charge in [-0.15, -0.1) is 0 Å². The van der Waals surface area contributed by atoms with Crippen LogP contribution in [0, 0.1) is 6.92 Å². The van der Waals surface area contributed by atoms with E-state index in [1.54, 1.807) is 14.1 Å². The first kappa shape index (κ1) is 28.6. The van der Waals surface area contributed by atoms with Crippen LogP contribution < -0.4 is 48.1 Å². The van der Waals surface area contributed by atoms with Crippen LogP contribution in [0.4, 0.5) is 0 Å². The Bertz CT molecular complexity index is 428. The summed E-state index contributed by atoms with van der Waals surface area (Å²) in [6, 6.07) is 4.01. The van der Waals surface area contributed by atoms with Crippen LogP contribution in [0.2, 0.25) is 0 Å². The van der Waals surface area contributed by atoms with Gasteiger partial charge < -0.3 is 48.1 Å². The van der Waals surface area contributed by atoms with Gasteiger partial charge in [0.25, 0.3) is 0 Å². The standard InChI is InChI=1S/C12H19N5.3ClH.Co/c1-8-6-11(9(2)16-13-4)15-12(7-8)10(3)17-14-5;;;;/h6-7,13-14H,1-5H3;3*1H;/q;;;;+3/p-3. The van der Waals surface area contributed by atoms with Gasteiger partial charge in [-0.1, -0.05) is 0 Å². The normalized spacial score (nSPS) is 10.1. The summed E-state index contributed by atoms with van der Waals surface area (Å²) in [5.41, 5.74) is 10.1. The largest absolute Gasteiger partial charge is 3.00 e. The van der Waals surface area contributed by atoms with Crippen LogP contribution in [0.3, 0.4) is 0 Å². The van der Waals surface area contributed by atoms with Crippen LogP contribution in [0.1, 0.15) is 30.8 Å². The summed E-state index contributed by atoms with van der Waals surface area (Å²) in [5.74, 6) is 0. The summed E-state index contributed by atoms with van der Waals surface area (Å²) in [4.78, 5) is 4.53. The van der Waals surface area contributed by atoms with Crippen molar-refractivity contribution in [3.05, 3.63) is 29.1 Å². The predicted octanol–water partition coefficient (Wildman–Crippen LogP) is -7.71. The minimum atomic E-state index is 0. The van der Waals surface area contributed by atoms with Crippen molar-refractivity contribution in [2.45, 2.75) is 20.8 Å². The van der Waals surface area contributed by atoms with Gasteiger partial charge in [0.2, 0.25) is 0 Å². The third-order valence-electron chi connectivity index (χ3n) is 2.27. The Morgan fingerprint density at radius 3 is 1.52 bits per heavy atom. The predicted molar refractivity (Wildman–Crippen MR) is 71.5 cm³/mol. The van der Waals surface area contributed by atoms with Crippen LogP contribution >= 0.6 is 0 Å². The van der Waals surface area contributed by atoms with Gasteiger partial charge in [-0.25, -0.2) is 4.98 Å². The molecule has 0 unspecified atom stereocenters. The van der Waals surface area contributed by atoms with Crippen molar-refractivity contribution in [3.63, 3.8) is 0 Å². The van der Waals surface area contributed by atoms with E-state index in [0.717, 1.165) is 28.4 Å². The zero-order valence-electron chi connectivity index (χ0n) is 12.5. The molecule has 0 aliphatic rings. The molecular formula is C12H19Cl3CoN5. The van der Waals surface area contributed by atoms with Gasteiger partial charge in [0, 0.05) is 14.1 Å². The number of hydrogen-bond donors (Lipinski definition) is 2. The van der Waals surface area contributed by atoms with Crippen molar-refractivity contribution in [2.75, 3.05) is 14.1 Å². The molecule has 0 saturated heterocycles. The summed E-state index contributed by atoms with van der Waals surface area (Å²) in [6.45, 7) is 5.88. The van der Waals surface area contributed by atoms with Gasteiger partial charge >= 0.3 is 16.8 Å². The molecule has 0 saturated carbocycles. The Morgan fingerprint density at radius 1 is 0.905 bits per heavy atom. The molecule has 2 N–H and O–H groups in total. The minimum absolute atomic E-state index is 0. The van der Waals surface area contributed by atoms with Crippen molar-refractivity contribution < 1.29 is 54.0 Å². The second-order valence-electron chi connectivity index (χ2n) is 3.76. The monoisotopic (exact) mass is 397 g/mol. The maximum atomic E-state index is 4.53. The quantitative estimate of drug-likeness (QED) is 0.391. The van der Waals surface area contributed by atoms with Gasteiger partial charge in [-0.3, -0.25) is 0 Å². The summed E-state index contributed by atoms with van der Waals surface area (Å²) in [5, 5.41) is 8.26. The fraction of sp³-hybridized carbons (Fsp3) is 0.417. The van der Waals surface area contributed by atoms with Crippen molar-refractivity contribution in [1.29, 1.82) is 0 Å². The summed E-state index contributed by atoms with van der Waals surface area (Å²) in [7, 11) is 3.54. The van der Waals surface area contributed by atoms with Gasteiger partial charge in [0.05, 0.1) is 22.8 Å². The molecule has 0 atom stereocenters. The number of nitrogens with zero attached hydrogens (tertiary/aromatic N) is 3. The van der Waals surface area contributed by atoms with Crippen molar-refractivity contribution in [1.82, 2.24) is 15.8 Å². The molecule has 5 nitrogen and oxygen atoms in total. The van der Waals surface area contributed by atoms with Crippen LogP contribution in [0.15, 0.2) is 22.3 Å².